The summed E-state index contributed by atoms with van der Waals surface area (Å²) in [6, 6.07) is 16.5. The van der Waals surface area contributed by atoms with Crippen molar-refractivity contribution in [3.8, 4) is 0 Å². The van der Waals surface area contributed by atoms with E-state index in [1.54, 1.807) is 48.5 Å². The molecule has 0 aliphatic carbocycles. The van der Waals surface area contributed by atoms with Gasteiger partial charge in [-0.25, -0.2) is 4.57 Å². The van der Waals surface area contributed by atoms with Crippen LogP contribution in [-0.2, 0) is 55.1 Å². The fourth-order valence-corrected chi connectivity index (χ4v) is 4.86. The van der Waals surface area contributed by atoms with Crippen LogP contribution in [0, 0.1) is 0 Å². The van der Waals surface area contributed by atoms with Gasteiger partial charge in [-0.2, -0.15) is 0 Å². The van der Waals surface area contributed by atoms with Gasteiger partial charge >= 0.3 is 19.8 Å². The number of hydrogen-bond acceptors (Lipinski definition) is 10. The van der Waals surface area contributed by atoms with Gasteiger partial charge in [0.15, 0.2) is 18.5 Å². The minimum absolute atomic E-state index is 0.120. The molecule has 0 amide bonds. The molecule has 0 N–H and O–H groups in total. The quantitative estimate of drug-likeness (QED) is 0.130. The molecule has 1 heterocycles. The van der Waals surface area contributed by atoms with Crippen molar-refractivity contribution in [2.75, 3.05) is 0 Å². The van der Waals surface area contributed by atoms with Crippen molar-refractivity contribution in [2.24, 2.45) is 5.11 Å². The molecule has 5 atom stereocenters. The lowest BCUT2D eigenvalue weighted by Gasteiger charge is -2.42. The molecular formula is C24H28N3O9P. The van der Waals surface area contributed by atoms with Gasteiger partial charge in [-0.1, -0.05) is 65.8 Å². The Hall–Kier alpha value is -3.24. The topological polar surface area (TPSA) is 155 Å². The van der Waals surface area contributed by atoms with Crippen LogP contribution in [0.15, 0.2) is 65.8 Å². The lowest BCUT2D eigenvalue weighted by molar-refractivity contribution is -0.245. The molecule has 1 aliphatic rings. The summed E-state index contributed by atoms with van der Waals surface area (Å²) in [5, 5.41) is 3.64. The Labute approximate surface area is 214 Å². The highest BCUT2D eigenvalue weighted by molar-refractivity contribution is 7.48. The smallest absolute Gasteiger partial charge is 0.458 e. The highest BCUT2D eigenvalue weighted by atomic mass is 31.2. The van der Waals surface area contributed by atoms with Crippen LogP contribution >= 0.6 is 7.82 Å². The standard InChI is InChI=1S/C24H28N3O9P/c1-16-22(34-17(2)28)23(35-18(3)29)21(26-27-25)24(33-16)36-37(30,31-14-19-10-6-4-7-11-19)32-15-20-12-8-5-9-13-20/h4-13,16,21-24H,14-15H2,1-3H3/t16-,21-,22+,23-,24-/m1/s1. The number of carbonyl (C=O) groups is 2. The van der Waals surface area contributed by atoms with E-state index < -0.39 is 50.4 Å². The van der Waals surface area contributed by atoms with E-state index >= 15 is 0 Å². The highest BCUT2D eigenvalue weighted by Gasteiger charge is 2.51. The third-order valence-corrected chi connectivity index (χ3v) is 6.59. The number of esters is 2. The van der Waals surface area contributed by atoms with Crippen LogP contribution in [0.2, 0.25) is 0 Å². The maximum Gasteiger partial charge on any atom is 0.477 e. The van der Waals surface area contributed by atoms with Crippen molar-refractivity contribution in [1.82, 2.24) is 0 Å². The van der Waals surface area contributed by atoms with E-state index in [0.717, 1.165) is 6.92 Å². The second kappa shape index (κ2) is 13.3. The first-order chi connectivity index (χ1) is 17.7. The number of rotatable bonds is 11. The molecule has 1 fully saturated rings. The van der Waals surface area contributed by atoms with Gasteiger partial charge in [-0.15, -0.1) is 0 Å². The molecule has 0 unspecified atom stereocenters. The van der Waals surface area contributed by atoms with Gasteiger partial charge in [0.2, 0.25) is 0 Å². The van der Waals surface area contributed by atoms with Crippen molar-refractivity contribution in [3.05, 3.63) is 82.2 Å². The van der Waals surface area contributed by atoms with Crippen molar-refractivity contribution in [1.29, 1.82) is 0 Å². The number of phosphoric ester groups is 1. The van der Waals surface area contributed by atoms with Gasteiger partial charge in [0.05, 0.1) is 19.3 Å². The van der Waals surface area contributed by atoms with Gasteiger partial charge in [0, 0.05) is 18.8 Å². The van der Waals surface area contributed by atoms with Gasteiger partial charge < -0.3 is 14.2 Å². The predicted octanol–water partition coefficient (Wildman–Crippen LogP) is 4.83. The summed E-state index contributed by atoms with van der Waals surface area (Å²) in [7, 11) is -4.37. The van der Waals surface area contributed by atoms with Crippen molar-refractivity contribution >= 4 is 19.8 Å². The monoisotopic (exact) mass is 533 g/mol. The number of benzene rings is 2. The van der Waals surface area contributed by atoms with E-state index in [0.29, 0.717) is 11.1 Å². The van der Waals surface area contributed by atoms with Crippen LogP contribution < -0.4 is 0 Å². The van der Waals surface area contributed by atoms with Crippen molar-refractivity contribution in [3.63, 3.8) is 0 Å². The summed E-state index contributed by atoms with van der Waals surface area (Å²) in [4.78, 5) is 26.3. The SMILES string of the molecule is CC(=O)O[C@@H]1[C@@H](N=[N+]=[N-])[C@@H](OP(=O)(OCc2ccccc2)OCc2ccccc2)O[C@H](C)[C@@H]1OC(C)=O. The van der Waals surface area contributed by atoms with E-state index in [1.807, 2.05) is 12.1 Å². The number of hydrogen-bond donors (Lipinski definition) is 0. The Kier molecular flexibility index (Phi) is 10.2. The lowest BCUT2D eigenvalue weighted by atomic mass is 9.97. The van der Waals surface area contributed by atoms with Crippen LogP contribution in [0.5, 0.6) is 0 Å². The Balaban J connectivity index is 1.89. The minimum Gasteiger partial charge on any atom is -0.458 e. The molecule has 2 aromatic rings. The molecule has 1 saturated heterocycles. The van der Waals surface area contributed by atoms with Gasteiger partial charge in [0.25, 0.3) is 0 Å². The van der Waals surface area contributed by atoms with Crippen LogP contribution in [0.3, 0.4) is 0 Å². The average Bonchev–Trinajstić information content (AvgIpc) is 2.87. The predicted molar refractivity (Wildman–Crippen MR) is 130 cm³/mol. The maximum absolute atomic E-state index is 13.8. The van der Waals surface area contributed by atoms with Crippen LogP contribution in [0.4, 0.5) is 0 Å². The first kappa shape index (κ1) is 28.3. The van der Waals surface area contributed by atoms with E-state index in [9.17, 15) is 19.7 Å². The van der Waals surface area contributed by atoms with E-state index in [2.05, 4.69) is 10.0 Å². The lowest BCUT2D eigenvalue weighted by Crippen LogP contribution is -2.59. The molecule has 0 aromatic heterocycles. The molecular weight excluding hydrogens is 505 g/mol. The molecule has 1 aliphatic heterocycles. The number of phosphoric acid groups is 1. The van der Waals surface area contributed by atoms with Crippen LogP contribution in [-0.4, -0.2) is 42.6 Å². The highest BCUT2D eigenvalue weighted by Crippen LogP contribution is 2.53. The zero-order valence-corrected chi connectivity index (χ0v) is 21.4. The van der Waals surface area contributed by atoms with Gasteiger partial charge in [-0.05, 0) is 23.6 Å². The molecule has 0 radical (unpaired) electrons. The molecule has 3 rings (SSSR count). The Morgan fingerprint density at radius 2 is 1.41 bits per heavy atom. The second-order valence-electron chi connectivity index (χ2n) is 8.12. The fraction of sp³-hybridized carbons (Fsp3) is 0.417. The summed E-state index contributed by atoms with van der Waals surface area (Å²) in [5.41, 5.74) is 10.6. The summed E-state index contributed by atoms with van der Waals surface area (Å²) in [6.07, 6.45) is -4.84. The summed E-state index contributed by atoms with van der Waals surface area (Å²) >= 11 is 0. The van der Waals surface area contributed by atoms with E-state index in [1.165, 1.54) is 13.8 Å². The van der Waals surface area contributed by atoms with Crippen LogP contribution in [0.1, 0.15) is 31.9 Å². The van der Waals surface area contributed by atoms with E-state index in [-0.39, 0.29) is 13.2 Å². The van der Waals surface area contributed by atoms with E-state index in [4.69, 9.17) is 27.8 Å². The molecule has 0 spiro atoms. The fourth-order valence-electron chi connectivity index (χ4n) is 3.62. The molecule has 198 valence electrons. The summed E-state index contributed by atoms with van der Waals surface area (Å²) < 4.78 is 47.1. The molecule has 12 nitrogen and oxygen atoms in total. The Bertz CT molecular complexity index is 1100. The second-order valence-corrected chi connectivity index (χ2v) is 9.75. The molecule has 13 heteroatoms. The number of carbonyl (C=O) groups excluding carboxylic acids is 2. The largest absolute Gasteiger partial charge is 0.477 e. The first-order valence-corrected chi connectivity index (χ1v) is 12.9. The first-order valence-electron chi connectivity index (χ1n) is 11.4. The van der Waals surface area contributed by atoms with Crippen LogP contribution in [0.25, 0.3) is 10.4 Å². The zero-order valence-electron chi connectivity index (χ0n) is 20.5. The number of nitrogens with zero attached hydrogens (tertiary/aromatic N) is 3. The molecule has 2 aromatic carbocycles. The molecule has 0 saturated carbocycles. The van der Waals surface area contributed by atoms with Gasteiger partial charge in [-0.3, -0.25) is 23.2 Å². The number of ether oxygens (including phenoxy) is 3. The Morgan fingerprint density at radius 3 is 1.86 bits per heavy atom. The normalized spacial score (nSPS) is 23.5. The molecule has 37 heavy (non-hydrogen) atoms. The zero-order chi connectivity index (χ0) is 26.8. The summed E-state index contributed by atoms with van der Waals surface area (Å²) in [6.45, 7) is 3.61. The Morgan fingerprint density at radius 1 is 0.919 bits per heavy atom. The third-order valence-electron chi connectivity index (χ3n) is 5.24. The number of azide groups is 1. The minimum atomic E-state index is -4.37. The average molecular weight is 533 g/mol. The third kappa shape index (κ3) is 8.40. The molecule has 0 bridgehead atoms. The van der Waals surface area contributed by atoms with Crippen molar-refractivity contribution < 1.29 is 41.9 Å². The maximum atomic E-state index is 13.8. The van der Waals surface area contributed by atoms with Crippen molar-refractivity contribution in [2.45, 2.75) is 64.6 Å². The van der Waals surface area contributed by atoms with Gasteiger partial charge in [0.1, 0.15) is 6.04 Å². The summed E-state index contributed by atoms with van der Waals surface area (Å²) in [5.74, 6) is -1.39.